The first-order valence-electron chi connectivity index (χ1n) is 10.5. The van der Waals surface area contributed by atoms with Crippen molar-refractivity contribution < 1.29 is 4.39 Å². The van der Waals surface area contributed by atoms with Gasteiger partial charge in [0.05, 0.1) is 11.9 Å². The summed E-state index contributed by atoms with van der Waals surface area (Å²) in [5, 5.41) is 5.10. The monoisotopic (exact) mass is 436 g/mol. The SMILES string of the molecule is Cc1cnc(Nc2cncc(C3CCN(Cc4cn(C)c5ccc(F)cc45)CC3)n2)s1. The highest BCUT2D eigenvalue weighted by Gasteiger charge is 2.23. The number of thiazole rings is 1. The van der Waals surface area contributed by atoms with Crippen molar-refractivity contribution in [1.82, 2.24) is 24.4 Å². The van der Waals surface area contributed by atoms with Crippen molar-refractivity contribution in [1.29, 1.82) is 0 Å². The Hall–Kier alpha value is -2.84. The lowest BCUT2D eigenvalue weighted by atomic mass is 9.93. The smallest absolute Gasteiger partial charge is 0.188 e. The summed E-state index contributed by atoms with van der Waals surface area (Å²) in [5.74, 6) is 0.958. The Morgan fingerprint density at radius 3 is 2.81 bits per heavy atom. The minimum atomic E-state index is -0.182. The minimum Gasteiger partial charge on any atom is -0.350 e. The normalized spacial score (nSPS) is 15.6. The molecule has 0 atom stereocenters. The maximum atomic E-state index is 13.8. The van der Waals surface area contributed by atoms with Gasteiger partial charge < -0.3 is 9.88 Å². The van der Waals surface area contributed by atoms with Crippen molar-refractivity contribution in [3.05, 3.63) is 64.9 Å². The summed E-state index contributed by atoms with van der Waals surface area (Å²) in [7, 11) is 2.02. The van der Waals surface area contributed by atoms with Gasteiger partial charge in [-0.25, -0.2) is 14.4 Å². The molecule has 4 aromatic rings. The Morgan fingerprint density at radius 1 is 1.19 bits per heavy atom. The van der Waals surface area contributed by atoms with Crippen LogP contribution >= 0.6 is 11.3 Å². The molecular formula is C23H25FN6S. The Labute approximate surface area is 184 Å². The highest BCUT2D eigenvalue weighted by molar-refractivity contribution is 7.15. The lowest BCUT2D eigenvalue weighted by molar-refractivity contribution is 0.203. The van der Waals surface area contributed by atoms with Gasteiger partial charge in [-0.2, -0.15) is 0 Å². The van der Waals surface area contributed by atoms with Gasteiger partial charge in [-0.1, -0.05) is 0 Å². The third kappa shape index (κ3) is 4.31. The van der Waals surface area contributed by atoms with E-state index in [4.69, 9.17) is 4.98 Å². The maximum absolute atomic E-state index is 13.8. The predicted octanol–water partition coefficient (Wildman–Crippen LogP) is 5.00. The Bertz CT molecular complexity index is 1210. The second-order valence-corrected chi connectivity index (χ2v) is 9.44. The molecule has 1 fully saturated rings. The fourth-order valence-corrected chi connectivity index (χ4v) is 5.03. The first-order chi connectivity index (χ1) is 15.0. The van der Waals surface area contributed by atoms with Crippen LogP contribution in [0, 0.1) is 12.7 Å². The molecule has 160 valence electrons. The van der Waals surface area contributed by atoms with E-state index in [0.29, 0.717) is 5.92 Å². The summed E-state index contributed by atoms with van der Waals surface area (Å²) < 4.78 is 15.8. The van der Waals surface area contributed by atoms with Crippen molar-refractivity contribution >= 4 is 33.2 Å². The first kappa shape index (κ1) is 20.1. The van der Waals surface area contributed by atoms with Gasteiger partial charge in [0, 0.05) is 53.9 Å². The van der Waals surface area contributed by atoms with Crippen molar-refractivity contribution in [2.24, 2.45) is 7.05 Å². The van der Waals surface area contributed by atoms with Crippen LogP contribution in [0.2, 0.25) is 0 Å². The van der Waals surface area contributed by atoms with Crippen LogP contribution in [0.15, 0.2) is 43.0 Å². The lowest BCUT2D eigenvalue weighted by Gasteiger charge is -2.31. The van der Waals surface area contributed by atoms with Crippen LogP contribution in [-0.4, -0.2) is 37.5 Å². The Balaban J connectivity index is 1.24. The largest absolute Gasteiger partial charge is 0.350 e. The molecule has 0 amide bonds. The Morgan fingerprint density at radius 2 is 2.03 bits per heavy atom. The third-order valence-corrected chi connectivity index (χ3v) is 6.77. The van der Waals surface area contributed by atoms with E-state index in [0.717, 1.165) is 64.9 Å². The Kier molecular flexibility index (Phi) is 5.41. The second-order valence-electron chi connectivity index (χ2n) is 8.21. The number of aromatic nitrogens is 4. The number of piperidine rings is 1. The molecule has 31 heavy (non-hydrogen) atoms. The summed E-state index contributed by atoms with van der Waals surface area (Å²) in [6.07, 6.45) is 9.67. The predicted molar refractivity (Wildman–Crippen MR) is 122 cm³/mol. The molecule has 0 aliphatic carbocycles. The second kappa shape index (κ2) is 8.36. The van der Waals surface area contributed by atoms with Crippen LogP contribution in [0.5, 0.6) is 0 Å². The van der Waals surface area contributed by atoms with E-state index < -0.39 is 0 Å². The van der Waals surface area contributed by atoms with Gasteiger partial charge in [0.25, 0.3) is 0 Å². The first-order valence-corrected chi connectivity index (χ1v) is 11.3. The molecule has 5 rings (SSSR count). The quantitative estimate of drug-likeness (QED) is 0.477. The molecule has 0 bridgehead atoms. The van der Waals surface area contributed by atoms with Crippen LogP contribution in [0.25, 0.3) is 10.9 Å². The number of halogens is 1. The topological polar surface area (TPSA) is 58.9 Å². The summed E-state index contributed by atoms with van der Waals surface area (Å²) >= 11 is 1.61. The molecular weight excluding hydrogens is 411 g/mol. The molecule has 1 saturated heterocycles. The van der Waals surface area contributed by atoms with E-state index in [2.05, 4.69) is 30.9 Å². The van der Waals surface area contributed by atoms with E-state index in [1.54, 1.807) is 23.6 Å². The third-order valence-electron chi connectivity index (χ3n) is 5.94. The zero-order valence-electron chi connectivity index (χ0n) is 17.7. The maximum Gasteiger partial charge on any atom is 0.188 e. The average molecular weight is 437 g/mol. The zero-order chi connectivity index (χ0) is 21.4. The highest BCUT2D eigenvalue weighted by Crippen LogP contribution is 2.30. The number of rotatable bonds is 5. The van der Waals surface area contributed by atoms with Crippen LogP contribution in [0.3, 0.4) is 0 Å². The van der Waals surface area contributed by atoms with E-state index in [9.17, 15) is 4.39 Å². The molecule has 1 aliphatic rings. The van der Waals surface area contributed by atoms with Crippen molar-refractivity contribution in [2.75, 3.05) is 18.4 Å². The van der Waals surface area contributed by atoms with Gasteiger partial charge in [0.15, 0.2) is 10.9 Å². The van der Waals surface area contributed by atoms with Crippen LogP contribution in [-0.2, 0) is 13.6 Å². The number of fused-ring (bicyclic) bond motifs is 1. The number of anilines is 2. The minimum absolute atomic E-state index is 0.182. The molecule has 0 radical (unpaired) electrons. The number of benzene rings is 1. The van der Waals surface area contributed by atoms with Crippen LogP contribution in [0.1, 0.15) is 34.9 Å². The highest BCUT2D eigenvalue weighted by atomic mass is 32.1. The van der Waals surface area contributed by atoms with Gasteiger partial charge in [0.2, 0.25) is 0 Å². The van der Waals surface area contributed by atoms with Gasteiger partial charge >= 0.3 is 0 Å². The average Bonchev–Trinajstić information content (AvgIpc) is 3.31. The van der Waals surface area contributed by atoms with E-state index in [1.165, 1.54) is 11.6 Å². The van der Waals surface area contributed by atoms with Gasteiger partial charge in [-0.15, -0.1) is 11.3 Å². The summed E-state index contributed by atoms with van der Waals surface area (Å²) in [6.45, 7) is 4.85. The summed E-state index contributed by atoms with van der Waals surface area (Å²) in [4.78, 5) is 17.1. The number of hydrogen-bond donors (Lipinski definition) is 1. The molecule has 1 N–H and O–H groups in total. The number of nitrogens with one attached hydrogen (secondary N) is 1. The van der Waals surface area contributed by atoms with Crippen molar-refractivity contribution in [2.45, 2.75) is 32.2 Å². The van der Waals surface area contributed by atoms with Gasteiger partial charge in [-0.05, 0) is 56.6 Å². The zero-order valence-corrected chi connectivity index (χ0v) is 18.5. The van der Waals surface area contributed by atoms with Crippen LogP contribution in [0.4, 0.5) is 15.3 Å². The fraction of sp³-hybridized carbons (Fsp3) is 0.348. The van der Waals surface area contributed by atoms with E-state index in [1.807, 2.05) is 32.4 Å². The van der Waals surface area contributed by atoms with Gasteiger partial charge in [0.1, 0.15) is 5.82 Å². The molecule has 1 aromatic carbocycles. The summed E-state index contributed by atoms with van der Waals surface area (Å²) in [5.41, 5.74) is 3.28. The number of likely N-dealkylation sites (tertiary alicyclic amines) is 1. The molecule has 4 heterocycles. The number of nitrogens with zero attached hydrogens (tertiary/aromatic N) is 5. The van der Waals surface area contributed by atoms with E-state index in [-0.39, 0.29) is 5.82 Å². The summed E-state index contributed by atoms with van der Waals surface area (Å²) in [6, 6.07) is 5.03. The van der Waals surface area contributed by atoms with Crippen molar-refractivity contribution in [3.63, 3.8) is 0 Å². The molecule has 1 aliphatic heterocycles. The fourth-order valence-electron chi connectivity index (χ4n) is 4.36. The lowest BCUT2D eigenvalue weighted by Crippen LogP contribution is -2.32. The molecule has 0 spiro atoms. The van der Waals surface area contributed by atoms with Crippen molar-refractivity contribution in [3.8, 4) is 0 Å². The number of aryl methyl sites for hydroxylation is 2. The molecule has 8 heteroatoms. The van der Waals surface area contributed by atoms with Gasteiger partial charge in [-0.3, -0.25) is 9.88 Å². The standard InChI is InChI=1S/C23H25FN6S/c1-15-10-26-23(31-15)28-22-12-25-11-20(27-22)16-5-7-30(8-6-16)14-17-13-29(2)21-4-3-18(24)9-19(17)21/h3-4,9-13,16H,5-8,14H2,1-2H3,(H,26,27,28). The molecule has 0 saturated carbocycles. The van der Waals surface area contributed by atoms with Crippen LogP contribution < -0.4 is 5.32 Å². The molecule has 0 unspecified atom stereocenters. The molecule has 6 nitrogen and oxygen atoms in total. The number of hydrogen-bond acceptors (Lipinski definition) is 6. The van der Waals surface area contributed by atoms with E-state index >= 15 is 0 Å². The molecule has 3 aromatic heterocycles.